The predicted molar refractivity (Wildman–Crippen MR) is 53.6 cm³/mol. The lowest BCUT2D eigenvalue weighted by atomic mass is 10.2. The average molecular weight is 214 g/mol. The zero-order valence-electron chi connectivity index (χ0n) is 8.00. The number of hydrogen-bond donors (Lipinski definition) is 0. The summed E-state index contributed by atoms with van der Waals surface area (Å²) in [5.41, 5.74) is 0.882. The molecule has 3 nitrogen and oxygen atoms in total. The lowest BCUT2D eigenvalue weighted by molar-refractivity contribution is 0.0760. The van der Waals surface area contributed by atoms with Gasteiger partial charge in [-0.15, -0.1) is 11.6 Å². The van der Waals surface area contributed by atoms with E-state index in [9.17, 15) is 4.79 Å². The van der Waals surface area contributed by atoms with E-state index >= 15 is 0 Å². The highest BCUT2D eigenvalue weighted by molar-refractivity contribution is 6.21. The second-order valence-corrected chi connectivity index (χ2v) is 4.19. The monoisotopic (exact) mass is 213 g/mol. The number of amides is 1. The highest BCUT2D eigenvalue weighted by Gasteiger charge is 2.27. The van der Waals surface area contributed by atoms with Crippen LogP contribution in [0.25, 0.3) is 0 Å². The van der Waals surface area contributed by atoms with E-state index in [1.54, 1.807) is 11.0 Å². The van der Waals surface area contributed by atoms with Gasteiger partial charge in [-0.05, 0) is 19.4 Å². The summed E-state index contributed by atoms with van der Waals surface area (Å²) in [5, 5.41) is 0.0919. The molecular weight excluding hydrogens is 202 g/mol. The number of aryl methyl sites for hydroxylation is 1. The predicted octanol–water partition coefficient (Wildman–Crippen LogP) is 2.04. The lowest BCUT2D eigenvalue weighted by Crippen LogP contribution is -2.28. The fraction of sp³-hybridized carbons (Fsp3) is 0.500. The van der Waals surface area contributed by atoms with Gasteiger partial charge in [-0.1, -0.05) is 0 Å². The highest BCUT2D eigenvalue weighted by atomic mass is 35.5. The number of likely N-dealkylation sites (tertiary alicyclic amines) is 1. The Balaban J connectivity index is 2.13. The average Bonchev–Trinajstić information content (AvgIpc) is 2.73. The van der Waals surface area contributed by atoms with Gasteiger partial charge < -0.3 is 9.32 Å². The first kappa shape index (κ1) is 9.59. The van der Waals surface area contributed by atoms with Gasteiger partial charge in [-0.25, -0.2) is 0 Å². The molecule has 0 N–H and O–H groups in total. The Bertz CT molecular complexity index is 348. The van der Waals surface area contributed by atoms with Crippen molar-refractivity contribution in [1.29, 1.82) is 0 Å². The van der Waals surface area contributed by atoms with Crippen molar-refractivity contribution in [3.05, 3.63) is 23.7 Å². The van der Waals surface area contributed by atoms with E-state index in [2.05, 4.69) is 0 Å². The molecule has 2 heterocycles. The number of furan rings is 1. The van der Waals surface area contributed by atoms with Gasteiger partial charge in [0.15, 0.2) is 5.76 Å². The molecule has 1 fully saturated rings. The standard InChI is InChI=1S/C10H12ClNO2/c1-7-3-5-14-9(7)10(13)12-4-2-8(11)6-12/h3,5,8H,2,4,6H2,1H3. The van der Waals surface area contributed by atoms with Crippen molar-refractivity contribution in [2.75, 3.05) is 13.1 Å². The number of nitrogens with zero attached hydrogens (tertiary/aromatic N) is 1. The molecule has 0 bridgehead atoms. The molecular formula is C10H12ClNO2. The Morgan fingerprint density at radius 1 is 1.71 bits per heavy atom. The van der Waals surface area contributed by atoms with Crippen LogP contribution in [0.2, 0.25) is 0 Å². The molecule has 76 valence electrons. The molecule has 1 aromatic rings. The molecule has 0 radical (unpaired) electrons. The molecule has 0 aromatic carbocycles. The van der Waals surface area contributed by atoms with E-state index in [1.807, 2.05) is 6.92 Å². The molecule has 4 heteroatoms. The van der Waals surface area contributed by atoms with Crippen molar-refractivity contribution in [2.24, 2.45) is 0 Å². The number of carbonyl (C=O) groups excluding carboxylic acids is 1. The summed E-state index contributed by atoms with van der Waals surface area (Å²) in [7, 11) is 0. The molecule has 2 rings (SSSR count). The minimum absolute atomic E-state index is 0.0457. The van der Waals surface area contributed by atoms with Crippen LogP contribution in [0.3, 0.4) is 0 Å². The minimum Gasteiger partial charge on any atom is -0.459 e. The topological polar surface area (TPSA) is 33.5 Å². The normalized spacial score (nSPS) is 21.6. The van der Waals surface area contributed by atoms with Gasteiger partial charge in [0.2, 0.25) is 0 Å². The first-order valence-corrected chi connectivity index (χ1v) is 5.09. The largest absolute Gasteiger partial charge is 0.459 e. The summed E-state index contributed by atoms with van der Waals surface area (Å²) in [6, 6.07) is 1.79. The molecule has 0 spiro atoms. The molecule has 0 aliphatic carbocycles. The molecule has 1 atom stereocenters. The second kappa shape index (κ2) is 3.65. The lowest BCUT2D eigenvalue weighted by Gasteiger charge is -2.13. The third kappa shape index (κ3) is 1.64. The van der Waals surface area contributed by atoms with Crippen LogP contribution in [0, 0.1) is 6.92 Å². The Morgan fingerprint density at radius 3 is 3.00 bits per heavy atom. The summed E-state index contributed by atoms with van der Waals surface area (Å²) in [5.74, 6) is 0.395. The summed E-state index contributed by atoms with van der Waals surface area (Å²) in [6.07, 6.45) is 2.41. The van der Waals surface area contributed by atoms with E-state index in [1.165, 1.54) is 6.26 Å². The summed E-state index contributed by atoms with van der Waals surface area (Å²) in [4.78, 5) is 13.6. The maximum absolute atomic E-state index is 11.8. The van der Waals surface area contributed by atoms with E-state index in [0.717, 1.165) is 18.5 Å². The van der Waals surface area contributed by atoms with E-state index in [-0.39, 0.29) is 11.3 Å². The zero-order chi connectivity index (χ0) is 10.1. The smallest absolute Gasteiger partial charge is 0.289 e. The third-order valence-corrected chi connectivity index (χ3v) is 2.83. The Kier molecular flexibility index (Phi) is 2.50. The molecule has 0 saturated carbocycles. The maximum Gasteiger partial charge on any atom is 0.289 e. The van der Waals surface area contributed by atoms with Crippen LogP contribution in [0.1, 0.15) is 22.5 Å². The summed E-state index contributed by atoms with van der Waals surface area (Å²) in [6.45, 7) is 3.22. The Labute approximate surface area is 87.6 Å². The van der Waals surface area contributed by atoms with E-state index in [4.69, 9.17) is 16.0 Å². The van der Waals surface area contributed by atoms with Crippen LogP contribution >= 0.6 is 11.6 Å². The number of carbonyl (C=O) groups is 1. The second-order valence-electron chi connectivity index (χ2n) is 3.57. The summed E-state index contributed by atoms with van der Waals surface area (Å²) >= 11 is 5.93. The van der Waals surface area contributed by atoms with Crippen molar-refractivity contribution in [2.45, 2.75) is 18.7 Å². The Morgan fingerprint density at radius 2 is 2.50 bits per heavy atom. The van der Waals surface area contributed by atoms with Crippen molar-refractivity contribution < 1.29 is 9.21 Å². The number of alkyl halides is 1. The minimum atomic E-state index is -0.0457. The van der Waals surface area contributed by atoms with Crippen LogP contribution in [0.15, 0.2) is 16.7 Å². The molecule has 1 aromatic heterocycles. The fourth-order valence-electron chi connectivity index (χ4n) is 1.64. The zero-order valence-corrected chi connectivity index (χ0v) is 8.75. The van der Waals surface area contributed by atoms with Crippen molar-refractivity contribution >= 4 is 17.5 Å². The quantitative estimate of drug-likeness (QED) is 0.669. The van der Waals surface area contributed by atoms with Crippen LogP contribution in [0.4, 0.5) is 0 Å². The molecule has 1 aliphatic heterocycles. The van der Waals surface area contributed by atoms with E-state index < -0.39 is 0 Å². The van der Waals surface area contributed by atoms with Crippen LogP contribution in [0.5, 0.6) is 0 Å². The van der Waals surface area contributed by atoms with Crippen LogP contribution in [-0.4, -0.2) is 29.3 Å². The first-order chi connectivity index (χ1) is 6.68. The first-order valence-electron chi connectivity index (χ1n) is 4.66. The number of halogens is 1. The number of hydrogen-bond acceptors (Lipinski definition) is 2. The molecule has 1 saturated heterocycles. The number of rotatable bonds is 1. The van der Waals surface area contributed by atoms with Crippen LogP contribution in [-0.2, 0) is 0 Å². The third-order valence-electron chi connectivity index (χ3n) is 2.47. The van der Waals surface area contributed by atoms with Gasteiger partial charge in [-0.3, -0.25) is 4.79 Å². The van der Waals surface area contributed by atoms with Gasteiger partial charge >= 0.3 is 0 Å². The van der Waals surface area contributed by atoms with Crippen molar-refractivity contribution in [3.8, 4) is 0 Å². The van der Waals surface area contributed by atoms with Gasteiger partial charge in [0.05, 0.1) is 11.6 Å². The van der Waals surface area contributed by atoms with Crippen molar-refractivity contribution in [3.63, 3.8) is 0 Å². The SMILES string of the molecule is Cc1ccoc1C(=O)N1CCC(Cl)C1. The highest BCUT2D eigenvalue weighted by Crippen LogP contribution is 2.19. The van der Waals surface area contributed by atoms with Crippen LogP contribution < -0.4 is 0 Å². The maximum atomic E-state index is 11.8. The fourth-order valence-corrected chi connectivity index (χ4v) is 1.90. The van der Waals surface area contributed by atoms with Gasteiger partial charge in [0.25, 0.3) is 5.91 Å². The molecule has 1 unspecified atom stereocenters. The molecule has 1 amide bonds. The summed E-state index contributed by atoms with van der Waals surface area (Å²) < 4.78 is 5.14. The molecule has 1 aliphatic rings. The van der Waals surface area contributed by atoms with Gasteiger partial charge in [0, 0.05) is 18.7 Å². The van der Waals surface area contributed by atoms with E-state index in [0.29, 0.717) is 12.3 Å². The Hall–Kier alpha value is -0.960. The van der Waals surface area contributed by atoms with Gasteiger partial charge in [-0.2, -0.15) is 0 Å². The van der Waals surface area contributed by atoms with Gasteiger partial charge in [0.1, 0.15) is 0 Å². The molecule has 14 heavy (non-hydrogen) atoms. The van der Waals surface area contributed by atoms with Crippen molar-refractivity contribution in [1.82, 2.24) is 4.90 Å².